The first-order valence-electron chi connectivity index (χ1n) is 3.17. The van der Waals surface area contributed by atoms with Gasteiger partial charge in [0.15, 0.2) is 5.60 Å². The second kappa shape index (κ2) is 10.1. The zero-order valence-corrected chi connectivity index (χ0v) is 11.6. The van der Waals surface area contributed by atoms with Gasteiger partial charge in [0, 0.05) is 0 Å². The van der Waals surface area contributed by atoms with Gasteiger partial charge in [-0.3, -0.25) is 9.59 Å². The average molecular weight is 268 g/mol. The summed E-state index contributed by atoms with van der Waals surface area (Å²) in [6.07, 6.45) is -2.29. The number of hydrogen-bond donors (Lipinski definition) is 4. The average Bonchev–Trinajstić information content (AvgIpc) is 1.82. The maximum atomic E-state index is 10.3. The van der Waals surface area contributed by atoms with Crippen LogP contribution in [0.25, 0.3) is 0 Å². The number of hydrogen-bond acceptors (Lipinski definition) is 4. The smallest absolute Gasteiger partial charge is 1.00 e. The number of carbonyl (C=O) groups is 3. The van der Waals surface area contributed by atoms with Crippen molar-refractivity contribution in [2.24, 2.45) is 0 Å². The summed E-state index contributed by atoms with van der Waals surface area (Å²) in [5.41, 5.74) is -2.74. The van der Waals surface area contributed by atoms with Crippen molar-refractivity contribution in [1.82, 2.24) is 0 Å². The van der Waals surface area contributed by atoms with Gasteiger partial charge in [0.1, 0.15) is 0 Å². The fourth-order valence-corrected chi connectivity index (χ4v) is 0.714. The molecule has 0 aliphatic rings. The zero-order chi connectivity index (χ0) is 10.6. The quantitative estimate of drug-likeness (QED) is 0.356. The van der Waals surface area contributed by atoms with Crippen LogP contribution in [0, 0.1) is 0 Å². The largest absolute Gasteiger partial charge is 1.00 e. The normalized spacial score (nSPS) is 8.81. The van der Waals surface area contributed by atoms with E-state index in [1.807, 2.05) is 0 Å². The van der Waals surface area contributed by atoms with E-state index in [-0.39, 0.29) is 63.8 Å². The van der Waals surface area contributed by atoms with Crippen molar-refractivity contribution in [3.63, 3.8) is 0 Å². The molecule has 0 bridgehead atoms. The van der Waals surface area contributed by atoms with Gasteiger partial charge in [-0.05, 0) is 0 Å². The van der Waals surface area contributed by atoms with E-state index >= 15 is 0 Å². The van der Waals surface area contributed by atoms with E-state index in [0.29, 0.717) is 0 Å². The molecule has 0 rings (SSSR count). The van der Waals surface area contributed by atoms with Gasteiger partial charge in [0.2, 0.25) is 0 Å². The molecule has 0 spiro atoms. The number of rotatable bonds is 5. The molecular formula is C6H13KO9. The Morgan fingerprint density at radius 3 is 1.31 bits per heavy atom. The molecule has 9 nitrogen and oxygen atoms in total. The van der Waals surface area contributed by atoms with E-state index in [9.17, 15) is 14.4 Å². The molecule has 0 aromatic carbocycles. The minimum atomic E-state index is -2.74. The summed E-state index contributed by atoms with van der Waals surface area (Å²) in [6, 6.07) is 0. The fourth-order valence-electron chi connectivity index (χ4n) is 0.714. The Balaban J connectivity index is -0.000000120. The van der Waals surface area contributed by atoms with Crippen LogP contribution < -0.4 is 51.4 Å². The molecular weight excluding hydrogens is 255 g/mol. The van der Waals surface area contributed by atoms with E-state index in [0.717, 1.165) is 0 Å². The van der Waals surface area contributed by atoms with E-state index in [1.165, 1.54) is 0 Å². The summed E-state index contributed by atoms with van der Waals surface area (Å²) in [7, 11) is 0. The molecule has 0 heterocycles. The zero-order valence-electron chi connectivity index (χ0n) is 9.43. The van der Waals surface area contributed by atoms with Crippen LogP contribution in [-0.4, -0.2) is 54.9 Å². The van der Waals surface area contributed by atoms with Crippen molar-refractivity contribution in [3.8, 4) is 0 Å². The Morgan fingerprint density at radius 2 is 1.19 bits per heavy atom. The predicted octanol–water partition coefficient (Wildman–Crippen LogP) is -5.78. The molecule has 0 aliphatic carbocycles. The van der Waals surface area contributed by atoms with Crippen molar-refractivity contribution < 1.29 is 98.6 Å². The third kappa shape index (κ3) is 9.17. The van der Waals surface area contributed by atoms with E-state index in [2.05, 4.69) is 0 Å². The predicted molar refractivity (Wildman–Crippen MR) is 45.4 cm³/mol. The van der Waals surface area contributed by atoms with Crippen LogP contribution in [0.4, 0.5) is 0 Å². The van der Waals surface area contributed by atoms with Gasteiger partial charge in [0.25, 0.3) is 0 Å². The van der Waals surface area contributed by atoms with Crippen LogP contribution >= 0.6 is 0 Å². The van der Waals surface area contributed by atoms with Gasteiger partial charge >= 0.3 is 69.3 Å². The van der Waals surface area contributed by atoms with Gasteiger partial charge in [-0.2, -0.15) is 0 Å². The monoisotopic (exact) mass is 268 g/mol. The third-order valence-corrected chi connectivity index (χ3v) is 1.29. The first-order valence-corrected chi connectivity index (χ1v) is 3.17. The van der Waals surface area contributed by atoms with Gasteiger partial charge in [-0.25, -0.2) is 4.79 Å². The minimum Gasteiger partial charge on any atom is -1.00 e. The maximum absolute atomic E-state index is 10.3. The Bertz CT molecular complexity index is 240. The molecule has 10 heteroatoms. The van der Waals surface area contributed by atoms with Crippen LogP contribution in [0.2, 0.25) is 0 Å². The van der Waals surface area contributed by atoms with Crippen LogP contribution in [0.15, 0.2) is 0 Å². The summed E-state index contributed by atoms with van der Waals surface area (Å²) in [5, 5.41) is 33.8. The minimum absolute atomic E-state index is 0. The van der Waals surface area contributed by atoms with E-state index < -0.39 is 36.4 Å². The first kappa shape index (κ1) is 24.9. The second-order valence-corrected chi connectivity index (χ2v) is 2.48. The van der Waals surface area contributed by atoms with Gasteiger partial charge < -0.3 is 32.8 Å². The Labute approximate surface area is 134 Å². The molecule has 0 amide bonds. The number of aliphatic carboxylic acids is 3. The molecule has 0 unspecified atom stereocenters. The molecule has 0 saturated carbocycles. The topological polar surface area (TPSA) is 195 Å². The number of carboxylic acid groups (broad SMARTS) is 3. The molecule has 92 valence electrons. The third-order valence-electron chi connectivity index (χ3n) is 1.29. The van der Waals surface area contributed by atoms with Gasteiger partial charge in [-0.15, -0.1) is 0 Å². The molecule has 0 saturated heterocycles. The summed E-state index contributed by atoms with van der Waals surface area (Å²) in [5.74, 6) is -5.02. The van der Waals surface area contributed by atoms with Crippen LogP contribution in [0.3, 0.4) is 0 Å². The van der Waals surface area contributed by atoms with Crippen molar-refractivity contribution in [3.05, 3.63) is 0 Å². The molecule has 8 N–H and O–H groups in total. The molecule has 0 radical (unpaired) electrons. The van der Waals surface area contributed by atoms with Crippen LogP contribution in [0.5, 0.6) is 0 Å². The van der Waals surface area contributed by atoms with Crippen molar-refractivity contribution in [2.75, 3.05) is 0 Å². The summed E-state index contributed by atoms with van der Waals surface area (Å²) >= 11 is 0. The Hall–Kier alpha value is -0.0736. The number of carboxylic acids is 3. The van der Waals surface area contributed by atoms with E-state index in [4.69, 9.17) is 20.4 Å². The van der Waals surface area contributed by atoms with E-state index in [1.54, 1.807) is 0 Å². The van der Waals surface area contributed by atoms with Gasteiger partial charge in [0.05, 0.1) is 12.8 Å². The molecule has 16 heavy (non-hydrogen) atoms. The number of aliphatic hydroxyl groups is 1. The molecule has 0 aromatic rings. The maximum Gasteiger partial charge on any atom is 1.00 e. The van der Waals surface area contributed by atoms with Crippen molar-refractivity contribution in [1.29, 1.82) is 0 Å². The van der Waals surface area contributed by atoms with Crippen molar-refractivity contribution >= 4 is 17.9 Å². The molecule has 0 aromatic heterocycles. The second-order valence-electron chi connectivity index (χ2n) is 2.48. The molecule has 0 fully saturated rings. The summed E-state index contributed by atoms with van der Waals surface area (Å²) in [6.45, 7) is 0. The SMILES string of the molecule is O.O.O=C(O)CC(O)(CC(=O)O)C(=O)O.[H-].[K+]. The fraction of sp³-hybridized carbons (Fsp3) is 0.500. The van der Waals surface area contributed by atoms with Crippen LogP contribution in [0.1, 0.15) is 14.3 Å². The van der Waals surface area contributed by atoms with Crippen LogP contribution in [-0.2, 0) is 14.4 Å². The summed E-state index contributed by atoms with van der Waals surface area (Å²) < 4.78 is 0. The van der Waals surface area contributed by atoms with Crippen molar-refractivity contribution in [2.45, 2.75) is 18.4 Å². The first-order chi connectivity index (χ1) is 5.78. The standard InChI is InChI=1S/C6H8O7.K.2H2O.H/c7-3(8)1-6(13,5(11)12)2-4(9)10;;;;/h13H,1-2H2,(H,7,8)(H,9,10)(H,11,12);;2*1H2;/q;+1;;;-1. The Kier molecular flexibility index (Phi) is 15.8. The molecule has 0 aliphatic heterocycles. The van der Waals surface area contributed by atoms with Gasteiger partial charge in [-0.1, -0.05) is 0 Å². The molecule has 0 atom stereocenters. The Morgan fingerprint density at radius 1 is 0.938 bits per heavy atom. The summed E-state index contributed by atoms with van der Waals surface area (Å²) in [4.78, 5) is 30.5.